The second-order valence-electron chi connectivity index (χ2n) is 4.40. The van der Waals surface area contributed by atoms with Crippen LogP contribution >= 0.6 is 0 Å². The van der Waals surface area contributed by atoms with Crippen molar-refractivity contribution in [3.8, 4) is 17.1 Å². The normalized spacial score (nSPS) is 11.5. The number of benzene rings is 2. The molecule has 1 heterocycles. The zero-order valence-electron chi connectivity index (χ0n) is 10.9. The number of hydrogen-bond donors (Lipinski definition) is 1. The van der Waals surface area contributed by atoms with Crippen molar-refractivity contribution in [1.82, 2.24) is 14.8 Å². The van der Waals surface area contributed by atoms with Gasteiger partial charge in [-0.15, -0.1) is 0 Å². The average molecular weight is 300 g/mol. The summed E-state index contributed by atoms with van der Waals surface area (Å²) < 4.78 is 24.2. The first-order valence-corrected chi connectivity index (χ1v) is 7.69. The number of hydrogen-bond acceptors (Lipinski definition) is 4. The number of para-hydroxylation sites is 1. The average Bonchev–Trinajstić information content (AvgIpc) is 2.97. The van der Waals surface area contributed by atoms with Crippen LogP contribution in [-0.2, 0) is 10.0 Å². The second kappa shape index (κ2) is 5.12. The predicted octanol–water partition coefficient (Wildman–Crippen LogP) is 1.58. The van der Waals surface area contributed by atoms with Gasteiger partial charge in [-0.25, -0.2) is 23.2 Å². The Bertz CT molecular complexity index is 856. The van der Waals surface area contributed by atoms with Gasteiger partial charge in [-0.05, 0) is 36.4 Å². The summed E-state index contributed by atoms with van der Waals surface area (Å²) in [5.41, 5.74) is 1.63. The van der Waals surface area contributed by atoms with Crippen LogP contribution in [0.5, 0.6) is 0 Å². The van der Waals surface area contributed by atoms with Crippen molar-refractivity contribution >= 4 is 10.0 Å². The van der Waals surface area contributed by atoms with Crippen LogP contribution in [0.1, 0.15) is 0 Å². The van der Waals surface area contributed by atoms with Gasteiger partial charge in [0.05, 0.1) is 10.6 Å². The number of nitrogens with zero attached hydrogens (tertiary/aromatic N) is 3. The largest absolute Gasteiger partial charge is 0.238 e. The van der Waals surface area contributed by atoms with E-state index in [-0.39, 0.29) is 4.90 Å². The number of nitrogens with two attached hydrogens (primary N) is 1. The molecule has 0 fully saturated rings. The van der Waals surface area contributed by atoms with Gasteiger partial charge in [0.2, 0.25) is 10.0 Å². The number of sulfonamides is 1. The van der Waals surface area contributed by atoms with Gasteiger partial charge in [0, 0.05) is 5.56 Å². The Morgan fingerprint density at radius 3 is 2.24 bits per heavy atom. The molecule has 0 amide bonds. The predicted molar refractivity (Wildman–Crippen MR) is 78.2 cm³/mol. The fourth-order valence-electron chi connectivity index (χ4n) is 1.99. The Kier molecular flexibility index (Phi) is 3.28. The summed E-state index contributed by atoms with van der Waals surface area (Å²) in [6, 6.07) is 15.8. The van der Waals surface area contributed by atoms with Gasteiger partial charge in [0.1, 0.15) is 6.33 Å². The highest BCUT2D eigenvalue weighted by Gasteiger charge is 2.11. The molecule has 0 aliphatic heterocycles. The van der Waals surface area contributed by atoms with Crippen LogP contribution < -0.4 is 5.14 Å². The lowest BCUT2D eigenvalue weighted by Gasteiger charge is -2.06. The summed E-state index contributed by atoms with van der Waals surface area (Å²) in [7, 11) is -3.69. The molecule has 0 aliphatic rings. The molecular formula is C14H12N4O2S. The van der Waals surface area contributed by atoms with Crippen LogP contribution in [-0.4, -0.2) is 23.2 Å². The van der Waals surface area contributed by atoms with E-state index in [0.29, 0.717) is 5.82 Å². The summed E-state index contributed by atoms with van der Waals surface area (Å²) in [6.07, 6.45) is 1.45. The van der Waals surface area contributed by atoms with Crippen molar-refractivity contribution in [2.75, 3.05) is 0 Å². The molecule has 2 aromatic carbocycles. The maximum absolute atomic E-state index is 11.3. The maximum Gasteiger partial charge on any atom is 0.238 e. The zero-order chi connectivity index (χ0) is 14.9. The van der Waals surface area contributed by atoms with Crippen molar-refractivity contribution in [2.45, 2.75) is 4.90 Å². The lowest BCUT2D eigenvalue weighted by molar-refractivity contribution is 0.598. The molecule has 3 aromatic rings. The van der Waals surface area contributed by atoms with Crippen molar-refractivity contribution in [1.29, 1.82) is 0 Å². The highest BCUT2D eigenvalue weighted by Crippen LogP contribution is 2.21. The molecule has 0 unspecified atom stereocenters. The molecule has 0 saturated carbocycles. The maximum atomic E-state index is 11.3. The first kappa shape index (κ1) is 13.5. The van der Waals surface area contributed by atoms with E-state index in [2.05, 4.69) is 10.1 Å². The van der Waals surface area contributed by atoms with Gasteiger partial charge in [-0.3, -0.25) is 0 Å². The summed E-state index contributed by atoms with van der Waals surface area (Å²) in [5.74, 6) is 0.627. The molecular weight excluding hydrogens is 288 g/mol. The Morgan fingerprint density at radius 1 is 0.952 bits per heavy atom. The molecule has 7 heteroatoms. The molecule has 2 N–H and O–H groups in total. The Hall–Kier alpha value is -2.51. The zero-order valence-corrected chi connectivity index (χ0v) is 11.7. The van der Waals surface area contributed by atoms with Crippen LogP contribution in [0.25, 0.3) is 17.1 Å². The highest BCUT2D eigenvalue weighted by atomic mass is 32.2. The van der Waals surface area contributed by atoms with Crippen LogP contribution in [0.4, 0.5) is 0 Å². The van der Waals surface area contributed by atoms with E-state index in [1.807, 2.05) is 30.3 Å². The lowest BCUT2D eigenvalue weighted by Crippen LogP contribution is -2.11. The molecule has 106 valence electrons. The fraction of sp³-hybridized carbons (Fsp3) is 0. The summed E-state index contributed by atoms with van der Waals surface area (Å²) in [5, 5.41) is 9.28. The molecule has 0 radical (unpaired) electrons. The van der Waals surface area contributed by atoms with E-state index < -0.39 is 10.0 Å². The monoisotopic (exact) mass is 300 g/mol. The van der Waals surface area contributed by atoms with Gasteiger partial charge >= 0.3 is 0 Å². The van der Waals surface area contributed by atoms with E-state index in [1.165, 1.54) is 18.5 Å². The Balaban J connectivity index is 2.05. The second-order valence-corrected chi connectivity index (χ2v) is 5.96. The topological polar surface area (TPSA) is 90.9 Å². The van der Waals surface area contributed by atoms with E-state index in [1.54, 1.807) is 16.8 Å². The molecule has 0 saturated heterocycles. The molecule has 1 aromatic heterocycles. The third kappa shape index (κ3) is 2.69. The molecule has 0 aliphatic carbocycles. The van der Waals surface area contributed by atoms with Gasteiger partial charge in [-0.1, -0.05) is 18.2 Å². The third-order valence-electron chi connectivity index (χ3n) is 2.99. The minimum absolute atomic E-state index is 0.0667. The molecule has 21 heavy (non-hydrogen) atoms. The summed E-state index contributed by atoms with van der Waals surface area (Å²) >= 11 is 0. The van der Waals surface area contributed by atoms with Crippen LogP contribution in [0.3, 0.4) is 0 Å². The van der Waals surface area contributed by atoms with Crippen LogP contribution in [0, 0.1) is 0 Å². The van der Waals surface area contributed by atoms with E-state index >= 15 is 0 Å². The summed E-state index contributed by atoms with van der Waals surface area (Å²) in [4.78, 5) is 4.29. The van der Waals surface area contributed by atoms with Gasteiger partial charge in [0.15, 0.2) is 5.82 Å². The van der Waals surface area contributed by atoms with Crippen molar-refractivity contribution < 1.29 is 8.42 Å². The van der Waals surface area contributed by atoms with E-state index in [9.17, 15) is 8.42 Å². The lowest BCUT2D eigenvalue weighted by atomic mass is 10.2. The molecule has 0 spiro atoms. The van der Waals surface area contributed by atoms with Crippen molar-refractivity contribution in [2.24, 2.45) is 5.14 Å². The standard InChI is InChI=1S/C14H12N4O2S/c15-21(19,20)13-8-6-11(7-9-13)14-16-10-17-18(14)12-4-2-1-3-5-12/h1-10H,(H2,15,19,20). The number of rotatable bonds is 3. The first-order chi connectivity index (χ1) is 10.1. The Morgan fingerprint density at radius 2 is 1.62 bits per heavy atom. The highest BCUT2D eigenvalue weighted by molar-refractivity contribution is 7.89. The number of primary sulfonamides is 1. The van der Waals surface area contributed by atoms with Crippen molar-refractivity contribution in [3.63, 3.8) is 0 Å². The van der Waals surface area contributed by atoms with Gasteiger partial charge < -0.3 is 0 Å². The quantitative estimate of drug-likeness (QED) is 0.795. The van der Waals surface area contributed by atoms with Gasteiger partial charge in [-0.2, -0.15) is 5.10 Å². The van der Waals surface area contributed by atoms with Gasteiger partial charge in [0.25, 0.3) is 0 Å². The third-order valence-corrected chi connectivity index (χ3v) is 3.92. The SMILES string of the molecule is NS(=O)(=O)c1ccc(-c2ncnn2-c2ccccc2)cc1. The smallest absolute Gasteiger partial charge is 0.225 e. The minimum Gasteiger partial charge on any atom is -0.225 e. The molecule has 3 rings (SSSR count). The summed E-state index contributed by atoms with van der Waals surface area (Å²) in [6.45, 7) is 0. The molecule has 0 atom stereocenters. The van der Waals surface area contributed by atoms with E-state index in [0.717, 1.165) is 11.3 Å². The molecule has 0 bridgehead atoms. The first-order valence-electron chi connectivity index (χ1n) is 6.14. The number of aromatic nitrogens is 3. The van der Waals surface area contributed by atoms with Crippen molar-refractivity contribution in [3.05, 3.63) is 60.9 Å². The van der Waals surface area contributed by atoms with Crippen LogP contribution in [0.2, 0.25) is 0 Å². The Labute approximate surface area is 121 Å². The van der Waals surface area contributed by atoms with Crippen LogP contribution in [0.15, 0.2) is 65.8 Å². The van der Waals surface area contributed by atoms with E-state index in [4.69, 9.17) is 5.14 Å². The fourth-order valence-corrected chi connectivity index (χ4v) is 2.51. The molecule has 6 nitrogen and oxygen atoms in total. The minimum atomic E-state index is -3.69.